The van der Waals surface area contributed by atoms with E-state index in [2.05, 4.69) is 0 Å². The van der Waals surface area contributed by atoms with Gasteiger partial charge in [0.2, 0.25) is 0 Å². The topological polar surface area (TPSA) is 46.3 Å². The Hall–Kier alpha value is -0.850. The number of benzene rings is 1. The first-order valence-corrected chi connectivity index (χ1v) is 8.50. The lowest BCUT2D eigenvalue weighted by Crippen LogP contribution is -2.50. The molecular weight excluding hydrogens is 331 g/mol. The number of likely N-dealkylation sites (tertiary alicyclic amines) is 1. The zero-order valence-corrected chi connectivity index (χ0v) is 14.0. The van der Waals surface area contributed by atoms with Crippen molar-refractivity contribution in [2.45, 2.75) is 17.6 Å². The summed E-state index contributed by atoms with van der Waals surface area (Å²) in [5, 5.41) is 0.276. The summed E-state index contributed by atoms with van der Waals surface area (Å²) < 4.78 is 13.6. The van der Waals surface area contributed by atoms with Crippen LogP contribution in [0.1, 0.15) is 23.2 Å². The van der Waals surface area contributed by atoms with Gasteiger partial charge in [0.15, 0.2) is 0 Å². The largest absolute Gasteiger partial charge is 0.392 e. The number of piperidine rings is 1. The van der Waals surface area contributed by atoms with Crippen LogP contribution in [0.25, 0.3) is 0 Å². The highest BCUT2D eigenvalue weighted by molar-refractivity contribution is 8.02. The van der Waals surface area contributed by atoms with Gasteiger partial charge in [-0.1, -0.05) is 23.8 Å². The van der Waals surface area contributed by atoms with Crippen molar-refractivity contribution >= 4 is 46.5 Å². The lowest BCUT2D eigenvalue weighted by Gasteiger charge is -2.40. The van der Waals surface area contributed by atoms with Gasteiger partial charge in [-0.2, -0.15) is 11.8 Å². The van der Waals surface area contributed by atoms with Gasteiger partial charge in [-0.3, -0.25) is 4.79 Å². The van der Waals surface area contributed by atoms with E-state index in [0.29, 0.717) is 30.9 Å². The molecule has 0 bridgehead atoms. The minimum Gasteiger partial charge on any atom is -0.392 e. The van der Waals surface area contributed by atoms with E-state index < -0.39 is 5.82 Å². The quantitative estimate of drug-likeness (QED) is 0.854. The van der Waals surface area contributed by atoms with Crippen LogP contribution < -0.4 is 5.73 Å². The van der Waals surface area contributed by atoms with Gasteiger partial charge in [-0.05, 0) is 37.3 Å². The summed E-state index contributed by atoms with van der Waals surface area (Å²) in [6.07, 6.45) is 3.34. The number of nitrogens with zero attached hydrogens (tertiary/aromatic N) is 1. The second-order valence-electron chi connectivity index (χ2n) is 4.98. The highest BCUT2D eigenvalue weighted by Gasteiger charge is 2.38. The van der Waals surface area contributed by atoms with E-state index in [1.165, 1.54) is 12.1 Å². The summed E-state index contributed by atoms with van der Waals surface area (Å²) >= 11 is 12.5. The standard InChI is InChI=1S/C14H16ClFN2OS2/c1-21-14(13(17)20)4-6-18(7-5-14)12(19)10-3-2-9(15)8-11(10)16/h2-3,8H,4-7H2,1H3,(H2,17,20). The smallest absolute Gasteiger partial charge is 0.256 e. The Morgan fingerprint density at radius 3 is 2.57 bits per heavy atom. The zero-order valence-electron chi connectivity index (χ0n) is 11.6. The number of carbonyl (C=O) groups is 1. The first kappa shape index (κ1) is 16.5. The van der Waals surface area contributed by atoms with Gasteiger partial charge in [-0.15, -0.1) is 0 Å². The first-order chi connectivity index (χ1) is 9.89. The molecule has 2 N–H and O–H groups in total. The number of halogens is 2. The molecule has 3 nitrogen and oxygen atoms in total. The fraction of sp³-hybridized carbons (Fsp3) is 0.429. The summed E-state index contributed by atoms with van der Waals surface area (Å²) in [5.41, 5.74) is 5.87. The van der Waals surface area contributed by atoms with Crippen LogP contribution in [0.2, 0.25) is 5.02 Å². The van der Waals surface area contributed by atoms with Crippen molar-refractivity contribution in [3.8, 4) is 0 Å². The molecule has 1 aromatic carbocycles. The lowest BCUT2D eigenvalue weighted by molar-refractivity contribution is 0.0714. The maximum Gasteiger partial charge on any atom is 0.256 e. The number of thiocarbonyl (C=S) groups is 1. The number of hydrogen-bond acceptors (Lipinski definition) is 3. The Bertz CT molecular complexity index is 574. The van der Waals surface area contributed by atoms with Crippen LogP contribution in [0.15, 0.2) is 18.2 Å². The van der Waals surface area contributed by atoms with Crippen molar-refractivity contribution < 1.29 is 9.18 Å². The van der Waals surface area contributed by atoms with Crippen molar-refractivity contribution in [2.75, 3.05) is 19.3 Å². The molecule has 1 saturated heterocycles. The molecule has 2 rings (SSSR count). The molecule has 1 amide bonds. The molecule has 114 valence electrons. The minimum atomic E-state index is -0.594. The molecule has 7 heteroatoms. The maximum atomic E-state index is 13.8. The van der Waals surface area contributed by atoms with E-state index >= 15 is 0 Å². The predicted octanol–water partition coefficient (Wildman–Crippen LogP) is 3.10. The Morgan fingerprint density at radius 2 is 2.10 bits per heavy atom. The third-order valence-corrected chi connectivity index (χ3v) is 6.02. The highest BCUT2D eigenvalue weighted by atomic mass is 35.5. The molecule has 0 aliphatic carbocycles. The van der Waals surface area contributed by atoms with Gasteiger partial charge >= 0.3 is 0 Å². The van der Waals surface area contributed by atoms with Gasteiger partial charge in [0, 0.05) is 18.1 Å². The van der Waals surface area contributed by atoms with Crippen LogP contribution >= 0.6 is 35.6 Å². The van der Waals surface area contributed by atoms with E-state index in [1.54, 1.807) is 16.7 Å². The molecule has 0 spiro atoms. The monoisotopic (exact) mass is 346 g/mol. The van der Waals surface area contributed by atoms with Crippen LogP contribution in [0.4, 0.5) is 4.39 Å². The highest BCUT2D eigenvalue weighted by Crippen LogP contribution is 2.35. The Labute approximate surface area is 138 Å². The third-order valence-electron chi connectivity index (χ3n) is 3.86. The SMILES string of the molecule is CSC1(C(N)=S)CCN(C(=O)c2ccc(Cl)cc2F)CC1. The van der Waals surface area contributed by atoms with Crippen molar-refractivity contribution in [2.24, 2.45) is 5.73 Å². The Balaban J connectivity index is 2.12. The van der Waals surface area contributed by atoms with Crippen LogP contribution in [0, 0.1) is 5.82 Å². The predicted molar refractivity (Wildman–Crippen MR) is 89.6 cm³/mol. The van der Waals surface area contributed by atoms with Gasteiger partial charge in [-0.25, -0.2) is 4.39 Å². The zero-order chi connectivity index (χ0) is 15.6. The van der Waals surface area contributed by atoms with Crippen LogP contribution in [-0.2, 0) is 0 Å². The normalized spacial score (nSPS) is 17.6. The molecule has 1 aliphatic rings. The fourth-order valence-corrected chi connectivity index (χ4v) is 3.86. The summed E-state index contributed by atoms with van der Waals surface area (Å²) in [6.45, 7) is 1.03. The van der Waals surface area contributed by atoms with Crippen molar-refractivity contribution in [1.82, 2.24) is 4.90 Å². The number of carbonyl (C=O) groups excluding carboxylic acids is 1. The number of nitrogens with two attached hydrogens (primary N) is 1. The van der Waals surface area contributed by atoms with Crippen LogP contribution in [0.5, 0.6) is 0 Å². The third kappa shape index (κ3) is 3.33. The van der Waals surface area contributed by atoms with Gasteiger partial charge in [0.05, 0.1) is 15.3 Å². The van der Waals surface area contributed by atoms with E-state index in [-0.39, 0.29) is 21.2 Å². The van der Waals surface area contributed by atoms with Gasteiger partial charge < -0.3 is 10.6 Å². The molecule has 0 saturated carbocycles. The number of hydrogen-bond donors (Lipinski definition) is 1. The number of amides is 1. The molecule has 1 aliphatic heterocycles. The van der Waals surface area contributed by atoms with Crippen molar-refractivity contribution in [3.63, 3.8) is 0 Å². The molecule has 1 aromatic rings. The summed E-state index contributed by atoms with van der Waals surface area (Å²) in [6, 6.07) is 4.09. The maximum absolute atomic E-state index is 13.8. The summed E-state index contributed by atoms with van der Waals surface area (Å²) in [5.74, 6) is -0.912. The Kier molecular flexibility index (Phi) is 5.11. The van der Waals surface area contributed by atoms with Crippen LogP contribution in [0.3, 0.4) is 0 Å². The molecule has 0 atom stereocenters. The first-order valence-electron chi connectivity index (χ1n) is 6.49. The summed E-state index contributed by atoms with van der Waals surface area (Å²) in [7, 11) is 0. The molecular formula is C14H16ClFN2OS2. The van der Waals surface area contributed by atoms with Crippen LogP contribution in [-0.4, -0.2) is 39.9 Å². The van der Waals surface area contributed by atoms with Crippen molar-refractivity contribution in [3.05, 3.63) is 34.6 Å². The molecule has 0 unspecified atom stereocenters. The second-order valence-corrected chi connectivity index (χ2v) is 7.05. The molecule has 0 radical (unpaired) electrons. The summed E-state index contributed by atoms with van der Waals surface area (Å²) in [4.78, 5) is 14.5. The fourth-order valence-electron chi connectivity index (χ4n) is 2.46. The van der Waals surface area contributed by atoms with E-state index in [4.69, 9.17) is 29.6 Å². The van der Waals surface area contributed by atoms with Gasteiger partial charge in [0.1, 0.15) is 5.82 Å². The number of thioether (sulfide) groups is 1. The minimum absolute atomic E-state index is 0.0476. The molecule has 1 fully saturated rings. The lowest BCUT2D eigenvalue weighted by atomic mass is 9.95. The van der Waals surface area contributed by atoms with E-state index in [9.17, 15) is 9.18 Å². The average molecular weight is 347 g/mol. The van der Waals surface area contributed by atoms with E-state index in [1.807, 2.05) is 6.26 Å². The average Bonchev–Trinajstić information content (AvgIpc) is 2.46. The van der Waals surface area contributed by atoms with E-state index in [0.717, 1.165) is 6.07 Å². The molecule has 0 aromatic heterocycles. The molecule has 21 heavy (non-hydrogen) atoms. The molecule has 1 heterocycles. The number of rotatable bonds is 3. The van der Waals surface area contributed by atoms with Crippen molar-refractivity contribution in [1.29, 1.82) is 0 Å². The second kappa shape index (κ2) is 6.50. The van der Waals surface area contributed by atoms with Gasteiger partial charge in [0.25, 0.3) is 5.91 Å². The Morgan fingerprint density at radius 1 is 1.48 bits per heavy atom.